The van der Waals surface area contributed by atoms with Gasteiger partial charge in [-0.2, -0.15) is 0 Å². The Morgan fingerprint density at radius 1 is 2.00 bits per heavy atom. The average Bonchev–Trinajstić information content (AvgIpc) is 1.38. The summed E-state index contributed by atoms with van der Waals surface area (Å²) in [4.78, 5) is 0. The number of nitrogens with one attached hydrogen (secondary N) is 1. The van der Waals surface area contributed by atoms with Crippen LogP contribution in [0, 0.1) is 5.41 Å². The SMILES string of the molecule is CSC(=[15NH])[15NH2]. The number of thioether (sulfide) groups is 1. The van der Waals surface area contributed by atoms with Gasteiger partial charge in [0.05, 0.1) is 0 Å². The Labute approximate surface area is 35.3 Å². The molecular weight excluding hydrogens is 86.1 g/mol. The second-order valence-electron chi connectivity index (χ2n) is 0.568. The minimum absolute atomic E-state index is 0.171. The zero-order valence-corrected chi connectivity index (χ0v) is 3.80. The molecule has 2 nitrogen and oxygen atoms in total. The fraction of sp³-hybridized carbons (Fsp3) is 0.500. The van der Waals surface area contributed by atoms with Gasteiger partial charge in [-0.05, 0) is 6.26 Å². The molecule has 0 fully saturated rings. The molecule has 0 saturated carbocycles. The summed E-state index contributed by atoms with van der Waals surface area (Å²) in [5.74, 6) is 0. The molecule has 0 spiro atoms. The van der Waals surface area contributed by atoms with Crippen molar-refractivity contribution in [2.24, 2.45) is 5.73 Å². The highest BCUT2D eigenvalue weighted by atomic mass is 32.2. The van der Waals surface area contributed by atoms with Crippen molar-refractivity contribution in [1.29, 1.82) is 5.41 Å². The quantitative estimate of drug-likeness (QED) is 0.255. The molecule has 0 saturated heterocycles. The van der Waals surface area contributed by atoms with Crippen LogP contribution in [0.4, 0.5) is 0 Å². The van der Waals surface area contributed by atoms with Crippen molar-refractivity contribution in [2.45, 2.75) is 0 Å². The summed E-state index contributed by atoms with van der Waals surface area (Å²) in [6, 6.07) is 0. The molecule has 0 aromatic rings. The van der Waals surface area contributed by atoms with Crippen LogP contribution in [0.5, 0.6) is 0 Å². The average molecular weight is 92.1 g/mol. The first-order chi connectivity index (χ1) is 2.27. The molecule has 0 bridgehead atoms. The maximum atomic E-state index is 6.48. The van der Waals surface area contributed by atoms with Crippen LogP contribution in [0.15, 0.2) is 0 Å². The molecule has 0 aromatic carbocycles. The first kappa shape index (κ1) is 4.82. The smallest absolute Gasteiger partial charge is 0.150 e. The summed E-state index contributed by atoms with van der Waals surface area (Å²) >= 11 is 1.24. The number of nitrogens with two attached hydrogens (primary N) is 1. The minimum Gasteiger partial charge on any atom is -0.379 e. The highest BCUT2D eigenvalue weighted by molar-refractivity contribution is 8.13. The van der Waals surface area contributed by atoms with Crippen molar-refractivity contribution in [2.75, 3.05) is 6.26 Å². The van der Waals surface area contributed by atoms with Crippen molar-refractivity contribution in [1.82, 2.24) is 0 Å². The molecule has 3 heteroatoms. The van der Waals surface area contributed by atoms with Gasteiger partial charge >= 0.3 is 0 Å². The van der Waals surface area contributed by atoms with Crippen molar-refractivity contribution >= 4 is 16.9 Å². The van der Waals surface area contributed by atoms with Gasteiger partial charge in [0.1, 0.15) is 0 Å². The molecule has 0 heterocycles. The maximum Gasteiger partial charge on any atom is 0.150 e. The fourth-order valence-corrected chi connectivity index (χ4v) is 0. The Bertz CT molecular complexity index is 42.9. The Morgan fingerprint density at radius 2 is 2.20 bits per heavy atom. The highest BCUT2D eigenvalue weighted by Crippen LogP contribution is 1.83. The first-order valence-electron chi connectivity index (χ1n) is 1.15. The van der Waals surface area contributed by atoms with Gasteiger partial charge < -0.3 is 5.73 Å². The minimum atomic E-state index is 0.171. The lowest BCUT2D eigenvalue weighted by atomic mass is 11.5. The Hall–Kier alpha value is -0.180. The third-order valence-electron chi connectivity index (χ3n) is 0.220. The van der Waals surface area contributed by atoms with E-state index >= 15 is 0 Å². The highest BCUT2D eigenvalue weighted by Gasteiger charge is 1.71. The Balaban J connectivity index is 2.85. The molecular formula is C2H6N2S. The number of amidine groups is 1. The second-order valence-corrected chi connectivity index (χ2v) is 1.42. The van der Waals surface area contributed by atoms with Gasteiger partial charge in [0.25, 0.3) is 0 Å². The second kappa shape index (κ2) is 2.08. The molecule has 0 aliphatic heterocycles. The monoisotopic (exact) mass is 92.0 g/mol. The Morgan fingerprint density at radius 3 is 2.20 bits per heavy atom. The zero-order chi connectivity index (χ0) is 4.28. The third-order valence-corrected chi connectivity index (χ3v) is 0.660. The number of hydrogen-bond acceptors (Lipinski definition) is 2. The lowest BCUT2D eigenvalue weighted by Crippen LogP contribution is -2.01. The molecule has 0 amide bonds. The molecule has 0 radical (unpaired) electrons. The summed E-state index contributed by atoms with van der Waals surface area (Å²) in [5, 5.41) is 6.66. The fourth-order valence-electron chi connectivity index (χ4n) is 0. The molecule has 0 aliphatic rings. The van der Waals surface area contributed by atoms with Crippen LogP contribution in [-0.2, 0) is 0 Å². The van der Waals surface area contributed by atoms with Gasteiger partial charge in [0.15, 0.2) is 5.17 Å². The summed E-state index contributed by atoms with van der Waals surface area (Å²) < 4.78 is 0. The first-order valence-corrected chi connectivity index (χ1v) is 2.38. The van der Waals surface area contributed by atoms with Crippen LogP contribution in [0.3, 0.4) is 0 Å². The lowest BCUT2D eigenvalue weighted by Gasteiger charge is -1.78. The lowest BCUT2D eigenvalue weighted by molar-refractivity contribution is 1.51. The van der Waals surface area contributed by atoms with Gasteiger partial charge in [0, 0.05) is 0 Å². The van der Waals surface area contributed by atoms with E-state index < -0.39 is 0 Å². The summed E-state index contributed by atoms with van der Waals surface area (Å²) in [5.41, 5.74) is 4.84. The van der Waals surface area contributed by atoms with E-state index in [1.165, 1.54) is 11.8 Å². The van der Waals surface area contributed by atoms with Crippen molar-refractivity contribution in [3.05, 3.63) is 0 Å². The van der Waals surface area contributed by atoms with E-state index in [1.807, 2.05) is 0 Å². The van der Waals surface area contributed by atoms with Crippen LogP contribution in [0.2, 0.25) is 0 Å². The summed E-state index contributed by atoms with van der Waals surface area (Å²) in [7, 11) is 0. The van der Waals surface area contributed by atoms with Crippen molar-refractivity contribution in [3.8, 4) is 0 Å². The van der Waals surface area contributed by atoms with Gasteiger partial charge in [-0.15, -0.1) is 0 Å². The van der Waals surface area contributed by atoms with Gasteiger partial charge in [-0.3, -0.25) is 5.41 Å². The van der Waals surface area contributed by atoms with Crippen molar-refractivity contribution in [3.63, 3.8) is 0 Å². The third kappa shape index (κ3) is 3.82. The van der Waals surface area contributed by atoms with Crippen LogP contribution in [0.1, 0.15) is 0 Å². The van der Waals surface area contributed by atoms with E-state index in [0.717, 1.165) is 0 Å². The van der Waals surface area contributed by atoms with Crippen molar-refractivity contribution < 1.29 is 0 Å². The van der Waals surface area contributed by atoms with Gasteiger partial charge in [0.2, 0.25) is 0 Å². The van der Waals surface area contributed by atoms with Gasteiger partial charge in [-0.1, -0.05) is 11.8 Å². The zero-order valence-electron chi connectivity index (χ0n) is 2.99. The largest absolute Gasteiger partial charge is 0.379 e. The van der Waals surface area contributed by atoms with Gasteiger partial charge in [-0.25, -0.2) is 0 Å². The standard InChI is InChI=1S/C2H6N2S/c1-5-2(3)4/h1H3,(H3,3,4)/i3+1,4+1. The molecule has 3 N–H and O–H groups in total. The molecule has 0 aromatic heterocycles. The van der Waals surface area contributed by atoms with Crippen LogP contribution < -0.4 is 5.73 Å². The molecule has 30 valence electrons. The topological polar surface area (TPSA) is 49.9 Å². The van der Waals surface area contributed by atoms with Crippen LogP contribution in [0.25, 0.3) is 0 Å². The number of hydrogen-bond donors (Lipinski definition) is 2. The van der Waals surface area contributed by atoms with Crippen LogP contribution in [-0.4, -0.2) is 11.4 Å². The molecule has 0 rings (SSSR count). The maximum absolute atomic E-state index is 6.48. The predicted molar refractivity (Wildman–Crippen MR) is 25.4 cm³/mol. The van der Waals surface area contributed by atoms with E-state index in [0.29, 0.717) is 0 Å². The predicted octanol–water partition coefficient (Wildman–Crippen LogP) is 0.243. The number of rotatable bonds is 0. The summed E-state index contributed by atoms with van der Waals surface area (Å²) in [6.45, 7) is 0. The van der Waals surface area contributed by atoms with E-state index in [9.17, 15) is 0 Å². The normalized spacial score (nSPS) is 7.40. The van der Waals surface area contributed by atoms with E-state index in [4.69, 9.17) is 11.1 Å². The molecule has 5 heavy (non-hydrogen) atoms. The van der Waals surface area contributed by atoms with E-state index in [2.05, 4.69) is 0 Å². The van der Waals surface area contributed by atoms with E-state index in [1.54, 1.807) is 6.26 Å². The van der Waals surface area contributed by atoms with E-state index in [-0.39, 0.29) is 5.17 Å². The molecule has 0 aliphatic carbocycles. The Kier molecular flexibility index (Phi) is 2.01. The van der Waals surface area contributed by atoms with Crippen LogP contribution >= 0.6 is 11.8 Å². The summed E-state index contributed by atoms with van der Waals surface area (Å²) in [6.07, 6.45) is 1.77. The molecule has 0 atom stereocenters. The molecule has 0 unspecified atom stereocenters.